The van der Waals surface area contributed by atoms with Crippen molar-refractivity contribution in [1.29, 1.82) is 0 Å². The van der Waals surface area contributed by atoms with Crippen LogP contribution in [0.4, 0.5) is 0 Å². The number of hydrogen-bond donors (Lipinski definition) is 2. The summed E-state index contributed by atoms with van der Waals surface area (Å²) in [6, 6.07) is 0. The summed E-state index contributed by atoms with van der Waals surface area (Å²) in [6.45, 7) is 6.36. The van der Waals surface area contributed by atoms with Crippen LogP contribution in [0.25, 0.3) is 0 Å². The van der Waals surface area contributed by atoms with E-state index in [1.54, 1.807) is 7.05 Å². The molecule has 2 N–H and O–H groups in total. The lowest BCUT2D eigenvalue weighted by Gasteiger charge is -2.27. The molecule has 0 bridgehead atoms. The van der Waals surface area contributed by atoms with E-state index in [0.717, 1.165) is 39.1 Å². The van der Waals surface area contributed by atoms with Crippen molar-refractivity contribution < 1.29 is 8.42 Å². The predicted octanol–water partition coefficient (Wildman–Crippen LogP) is 0.301. The molecule has 128 valence electrons. The third-order valence-electron chi connectivity index (χ3n) is 3.77. The van der Waals surface area contributed by atoms with E-state index in [-0.39, 0.29) is 24.8 Å². The van der Waals surface area contributed by atoms with E-state index in [2.05, 4.69) is 14.9 Å². The highest BCUT2D eigenvalue weighted by atomic mass is 35.5. The topological polar surface area (TPSA) is 64.7 Å². The minimum absolute atomic E-state index is 0. The van der Waals surface area contributed by atoms with Crippen molar-refractivity contribution in [3.63, 3.8) is 0 Å². The molecule has 6 nitrogen and oxygen atoms in total. The van der Waals surface area contributed by atoms with Crippen molar-refractivity contribution in [1.82, 2.24) is 19.2 Å². The van der Waals surface area contributed by atoms with Gasteiger partial charge in [0.25, 0.3) is 10.2 Å². The first-order valence-electron chi connectivity index (χ1n) is 7.22. The second-order valence-electron chi connectivity index (χ2n) is 5.57. The third-order valence-corrected chi connectivity index (χ3v) is 5.31. The molecule has 1 aliphatic heterocycles. The quantitative estimate of drug-likeness (QED) is 0.609. The fourth-order valence-electron chi connectivity index (χ4n) is 2.31. The average molecular weight is 363 g/mol. The molecule has 0 radical (unpaired) electrons. The van der Waals surface area contributed by atoms with Crippen LogP contribution in [0.15, 0.2) is 0 Å². The van der Waals surface area contributed by atoms with Crippen LogP contribution >= 0.6 is 24.8 Å². The first kappa shape index (κ1) is 21.4. The Morgan fingerprint density at radius 3 is 2.43 bits per heavy atom. The molecular formula is C12H28Cl2N4O2S. The number of piperazine rings is 1. The monoisotopic (exact) mass is 362 g/mol. The SMILES string of the molecule is CN(CC1CC1)S(=O)(=O)NCCCN1CCNCC1.Cl.Cl. The van der Waals surface area contributed by atoms with Gasteiger partial charge >= 0.3 is 0 Å². The van der Waals surface area contributed by atoms with E-state index < -0.39 is 10.2 Å². The molecule has 2 aliphatic rings. The van der Waals surface area contributed by atoms with Gasteiger partial charge in [-0.3, -0.25) is 0 Å². The number of halogens is 2. The minimum Gasteiger partial charge on any atom is -0.314 e. The van der Waals surface area contributed by atoms with Crippen molar-refractivity contribution >= 4 is 35.0 Å². The van der Waals surface area contributed by atoms with E-state index in [1.807, 2.05) is 0 Å². The molecular weight excluding hydrogens is 335 g/mol. The average Bonchev–Trinajstić information content (AvgIpc) is 3.20. The molecule has 2 fully saturated rings. The van der Waals surface area contributed by atoms with Crippen LogP contribution in [-0.4, -0.2) is 70.5 Å². The van der Waals surface area contributed by atoms with Crippen LogP contribution in [0.1, 0.15) is 19.3 Å². The molecule has 21 heavy (non-hydrogen) atoms. The highest BCUT2D eigenvalue weighted by Crippen LogP contribution is 2.29. The van der Waals surface area contributed by atoms with Crippen LogP contribution in [-0.2, 0) is 10.2 Å². The van der Waals surface area contributed by atoms with Gasteiger partial charge in [0.2, 0.25) is 0 Å². The highest BCUT2D eigenvalue weighted by Gasteiger charge is 2.27. The lowest BCUT2D eigenvalue weighted by molar-refractivity contribution is 0.239. The molecule has 1 saturated carbocycles. The van der Waals surface area contributed by atoms with Crippen LogP contribution in [0.2, 0.25) is 0 Å². The van der Waals surface area contributed by atoms with Crippen molar-refractivity contribution in [2.45, 2.75) is 19.3 Å². The fraction of sp³-hybridized carbons (Fsp3) is 1.00. The maximum Gasteiger partial charge on any atom is 0.279 e. The molecule has 0 aromatic heterocycles. The molecule has 1 saturated heterocycles. The Bertz CT molecular complexity index is 373. The van der Waals surface area contributed by atoms with Gasteiger partial charge in [-0.2, -0.15) is 12.7 Å². The minimum atomic E-state index is -3.27. The van der Waals surface area contributed by atoms with Gasteiger partial charge in [0.05, 0.1) is 0 Å². The van der Waals surface area contributed by atoms with E-state index in [9.17, 15) is 8.42 Å². The molecule has 1 aliphatic carbocycles. The van der Waals surface area contributed by atoms with E-state index >= 15 is 0 Å². The van der Waals surface area contributed by atoms with E-state index in [1.165, 1.54) is 17.1 Å². The lowest BCUT2D eigenvalue weighted by Crippen LogP contribution is -2.45. The smallest absolute Gasteiger partial charge is 0.279 e. The predicted molar refractivity (Wildman–Crippen MR) is 90.7 cm³/mol. The number of hydrogen-bond acceptors (Lipinski definition) is 4. The Kier molecular flexibility index (Phi) is 10.4. The van der Waals surface area contributed by atoms with Gasteiger partial charge in [-0.1, -0.05) is 0 Å². The summed E-state index contributed by atoms with van der Waals surface area (Å²) in [4.78, 5) is 2.37. The van der Waals surface area contributed by atoms with Gasteiger partial charge in [0.1, 0.15) is 0 Å². The van der Waals surface area contributed by atoms with Crippen molar-refractivity contribution in [2.75, 3.05) is 52.9 Å². The molecule has 0 spiro atoms. The zero-order chi connectivity index (χ0) is 13.7. The second-order valence-corrected chi connectivity index (χ2v) is 7.43. The third kappa shape index (κ3) is 7.97. The summed E-state index contributed by atoms with van der Waals surface area (Å²) in [6.07, 6.45) is 3.21. The largest absolute Gasteiger partial charge is 0.314 e. The molecule has 1 heterocycles. The van der Waals surface area contributed by atoms with E-state index in [4.69, 9.17) is 0 Å². The van der Waals surface area contributed by atoms with Crippen LogP contribution in [0.3, 0.4) is 0 Å². The molecule has 9 heteroatoms. The van der Waals surface area contributed by atoms with Gasteiger partial charge in [-0.15, -0.1) is 24.8 Å². The maximum absolute atomic E-state index is 11.9. The Hall–Kier alpha value is 0.370. The molecule has 0 aromatic rings. The highest BCUT2D eigenvalue weighted by molar-refractivity contribution is 7.87. The summed E-state index contributed by atoms with van der Waals surface area (Å²) >= 11 is 0. The van der Waals surface area contributed by atoms with Crippen molar-refractivity contribution in [2.24, 2.45) is 5.92 Å². The zero-order valence-corrected chi connectivity index (χ0v) is 15.0. The fourth-order valence-corrected chi connectivity index (χ4v) is 3.34. The number of rotatable bonds is 8. The van der Waals surface area contributed by atoms with Crippen LogP contribution in [0, 0.1) is 5.92 Å². The molecule has 0 atom stereocenters. The molecule has 0 aromatic carbocycles. The van der Waals surface area contributed by atoms with Gasteiger partial charge in [-0.25, -0.2) is 4.72 Å². The number of nitrogens with one attached hydrogen (secondary N) is 2. The second kappa shape index (κ2) is 10.2. The summed E-state index contributed by atoms with van der Waals surface area (Å²) in [7, 11) is -1.60. The van der Waals surface area contributed by atoms with Crippen molar-refractivity contribution in [3.05, 3.63) is 0 Å². The summed E-state index contributed by atoms with van der Waals surface area (Å²) in [5, 5.41) is 3.31. The zero-order valence-electron chi connectivity index (χ0n) is 12.6. The summed E-state index contributed by atoms with van der Waals surface area (Å²) in [5.74, 6) is 0.586. The van der Waals surface area contributed by atoms with Gasteiger partial charge in [0.15, 0.2) is 0 Å². The summed E-state index contributed by atoms with van der Waals surface area (Å²) < 4.78 is 28.0. The van der Waals surface area contributed by atoms with E-state index in [0.29, 0.717) is 19.0 Å². The summed E-state index contributed by atoms with van der Waals surface area (Å²) in [5.41, 5.74) is 0. The van der Waals surface area contributed by atoms with Gasteiger partial charge in [0, 0.05) is 46.3 Å². The van der Waals surface area contributed by atoms with Crippen LogP contribution in [0.5, 0.6) is 0 Å². The standard InChI is InChI=1S/C12H26N4O2S.2ClH/c1-15(11-12-3-4-12)19(17,18)14-5-2-8-16-9-6-13-7-10-16;;/h12-14H,2-11H2,1H3;2*1H. The lowest BCUT2D eigenvalue weighted by atomic mass is 10.3. The molecule has 0 amide bonds. The van der Waals surface area contributed by atoms with Crippen LogP contribution < -0.4 is 10.0 Å². The number of nitrogens with zero attached hydrogens (tertiary/aromatic N) is 2. The normalized spacial score (nSPS) is 19.9. The Balaban J connectivity index is 0.00000200. The molecule has 0 unspecified atom stereocenters. The molecule has 2 rings (SSSR count). The maximum atomic E-state index is 11.9. The Labute approximate surface area is 141 Å². The Morgan fingerprint density at radius 1 is 1.24 bits per heavy atom. The van der Waals surface area contributed by atoms with Gasteiger partial charge in [-0.05, 0) is 31.7 Å². The first-order valence-corrected chi connectivity index (χ1v) is 8.66. The first-order chi connectivity index (χ1) is 9.08. The van der Waals surface area contributed by atoms with Gasteiger partial charge < -0.3 is 10.2 Å². The van der Waals surface area contributed by atoms with Crippen molar-refractivity contribution in [3.8, 4) is 0 Å². The Morgan fingerprint density at radius 2 is 1.86 bits per heavy atom.